The molecule has 2 amide bonds. The van der Waals surface area contributed by atoms with E-state index in [4.69, 9.17) is 16.3 Å². The first-order valence-corrected chi connectivity index (χ1v) is 12.5. The molecule has 0 bridgehead atoms. The molecule has 0 spiro atoms. The van der Waals surface area contributed by atoms with Gasteiger partial charge in [-0.2, -0.15) is 5.10 Å². The van der Waals surface area contributed by atoms with Crippen molar-refractivity contribution in [2.75, 3.05) is 5.32 Å². The number of carbonyl (C=O) groups is 3. The van der Waals surface area contributed by atoms with E-state index in [9.17, 15) is 14.4 Å². The number of nitrogens with zero attached hydrogens (tertiary/aromatic N) is 1. The van der Waals surface area contributed by atoms with Crippen molar-refractivity contribution in [2.24, 2.45) is 5.10 Å². The summed E-state index contributed by atoms with van der Waals surface area (Å²) >= 11 is 9.48. The van der Waals surface area contributed by atoms with Crippen LogP contribution in [0.15, 0.2) is 101 Å². The lowest BCUT2D eigenvalue weighted by molar-refractivity contribution is 0.0733. The summed E-state index contributed by atoms with van der Waals surface area (Å²) in [5, 5.41) is 7.08. The highest BCUT2D eigenvalue weighted by molar-refractivity contribution is 9.10. The van der Waals surface area contributed by atoms with Gasteiger partial charge in [0.1, 0.15) is 5.75 Å². The van der Waals surface area contributed by atoms with E-state index in [0.717, 1.165) is 10.0 Å². The maximum atomic E-state index is 12.7. The summed E-state index contributed by atoms with van der Waals surface area (Å²) in [6.07, 6.45) is 1.38. The fraction of sp³-hybridized carbons (Fsp3) is 0.0345. The zero-order valence-electron chi connectivity index (χ0n) is 20.1. The second-order valence-electron chi connectivity index (χ2n) is 8.16. The highest BCUT2D eigenvalue weighted by atomic mass is 79.9. The van der Waals surface area contributed by atoms with Crippen molar-refractivity contribution in [1.82, 2.24) is 5.43 Å². The zero-order chi connectivity index (χ0) is 27.1. The Morgan fingerprint density at radius 2 is 1.63 bits per heavy atom. The molecule has 0 aliphatic heterocycles. The molecule has 4 rings (SSSR count). The number of esters is 1. The Balaban J connectivity index is 1.44. The molecule has 0 unspecified atom stereocenters. The summed E-state index contributed by atoms with van der Waals surface area (Å²) in [5.41, 5.74) is 5.30. The van der Waals surface area contributed by atoms with Gasteiger partial charge in [0.2, 0.25) is 0 Å². The molecule has 0 atom stereocenters. The number of carbonyl (C=O) groups excluding carboxylic acids is 3. The molecule has 38 heavy (non-hydrogen) atoms. The second-order valence-corrected chi connectivity index (χ2v) is 9.48. The molecule has 0 heterocycles. The maximum Gasteiger partial charge on any atom is 0.343 e. The molecule has 0 radical (unpaired) electrons. The van der Waals surface area contributed by atoms with E-state index in [0.29, 0.717) is 27.4 Å². The molecule has 0 aliphatic rings. The summed E-state index contributed by atoms with van der Waals surface area (Å²) < 4.78 is 6.31. The third-order valence-electron chi connectivity index (χ3n) is 5.30. The standard InChI is InChI=1S/C29H21BrClN3O4/c1-18-6-4-8-20(14-18)29(37)38-26-13-12-22(30)15-21(26)17-32-34-27(35)19-7-5-9-23(16-19)33-28(36)24-10-2-3-11-25(24)31/h2-17H,1H3,(H,33,36)(H,34,35). The molecule has 4 aromatic rings. The first-order chi connectivity index (χ1) is 18.3. The lowest BCUT2D eigenvalue weighted by atomic mass is 10.1. The zero-order valence-corrected chi connectivity index (χ0v) is 22.4. The quantitative estimate of drug-likeness (QED) is 0.109. The fourth-order valence-corrected chi connectivity index (χ4v) is 4.05. The van der Waals surface area contributed by atoms with Gasteiger partial charge >= 0.3 is 5.97 Å². The van der Waals surface area contributed by atoms with Crippen molar-refractivity contribution in [3.05, 3.63) is 128 Å². The minimum absolute atomic E-state index is 0.277. The van der Waals surface area contributed by atoms with Crippen LogP contribution < -0.4 is 15.5 Å². The Labute approximate surface area is 232 Å². The van der Waals surface area contributed by atoms with Crippen molar-refractivity contribution in [3.8, 4) is 5.75 Å². The number of nitrogens with one attached hydrogen (secondary N) is 2. The Bertz CT molecular complexity index is 1550. The summed E-state index contributed by atoms with van der Waals surface area (Å²) in [7, 11) is 0. The van der Waals surface area contributed by atoms with E-state index in [1.54, 1.807) is 78.9 Å². The molecule has 4 aromatic carbocycles. The smallest absolute Gasteiger partial charge is 0.343 e. The minimum atomic E-state index is -0.509. The number of aryl methyl sites for hydroxylation is 1. The highest BCUT2D eigenvalue weighted by Gasteiger charge is 2.13. The topological polar surface area (TPSA) is 96.9 Å². The van der Waals surface area contributed by atoms with Gasteiger partial charge in [-0.3, -0.25) is 9.59 Å². The third kappa shape index (κ3) is 6.94. The highest BCUT2D eigenvalue weighted by Crippen LogP contribution is 2.23. The number of hydrogen-bond acceptors (Lipinski definition) is 5. The van der Waals surface area contributed by atoms with Crippen LogP contribution in [0, 0.1) is 6.92 Å². The van der Waals surface area contributed by atoms with Crippen LogP contribution in [0.3, 0.4) is 0 Å². The third-order valence-corrected chi connectivity index (χ3v) is 6.12. The summed E-state index contributed by atoms with van der Waals surface area (Å²) in [6.45, 7) is 1.89. The van der Waals surface area contributed by atoms with Gasteiger partial charge in [0.15, 0.2) is 0 Å². The van der Waals surface area contributed by atoms with E-state index in [1.165, 1.54) is 12.3 Å². The first-order valence-electron chi connectivity index (χ1n) is 11.4. The predicted octanol–water partition coefficient (Wildman–Crippen LogP) is 6.65. The Hall–Kier alpha value is -4.27. The SMILES string of the molecule is Cc1cccc(C(=O)Oc2ccc(Br)cc2C=NNC(=O)c2cccc(NC(=O)c3ccccc3Cl)c2)c1. The van der Waals surface area contributed by atoms with Crippen molar-refractivity contribution in [1.29, 1.82) is 0 Å². The monoisotopic (exact) mass is 589 g/mol. The van der Waals surface area contributed by atoms with Crippen LogP contribution in [0.1, 0.15) is 42.2 Å². The van der Waals surface area contributed by atoms with Crippen LogP contribution in [0.2, 0.25) is 5.02 Å². The van der Waals surface area contributed by atoms with Crippen LogP contribution in [-0.2, 0) is 0 Å². The van der Waals surface area contributed by atoms with E-state index in [1.807, 2.05) is 13.0 Å². The lowest BCUT2D eigenvalue weighted by Gasteiger charge is -2.09. The van der Waals surface area contributed by atoms with Gasteiger partial charge in [-0.25, -0.2) is 10.2 Å². The number of amides is 2. The average molecular weight is 591 g/mol. The van der Waals surface area contributed by atoms with Crippen LogP contribution in [-0.4, -0.2) is 24.0 Å². The van der Waals surface area contributed by atoms with Crippen molar-refractivity contribution in [2.45, 2.75) is 6.92 Å². The van der Waals surface area contributed by atoms with E-state index < -0.39 is 17.8 Å². The Morgan fingerprint density at radius 3 is 2.42 bits per heavy atom. The number of anilines is 1. The lowest BCUT2D eigenvalue weighted by Crippen LogP contribution is -2.18. The largest absolute Gasteiger partial charge is 0.422 e. The van der Waals surface area contributed by atoms with Crippen molar-refractivity contribution >= 4 is 57.2 Å². The molecule has 7 nitrogen and oxygen atoms in total. The molecule has 190 valence electrons. The second kappa shape index (κ2) is 12.3. The number of ether oxygens (including phenoxy) is 1. The van der Waals surface area contributed by atoms with Gasteiger partial charge < -0.3 is 10.1 Å². The van der Waals surface area contributed by atoms with Gasteiger partial charge in [0.05, 0.1) is 22.4 Å². The Morgan fingerprint density at radius 1 is 0.868 bits per heavy atom. The average Bonchev–Trinajstić information content (AvgIpc) is 2.90. The molecule has 0 aliphatic carbocycles. The van der Waals surface area contributed by atoms with E-state index in [2.05, 4.69) is 31.8 Å². The number of benzene rings is 4. The van der Waals surface area contributed by atoms with E-state index in [-0.39, 0.29) is 11.3 Å². The number of hydrazone groups is 1. The first kappa shape index (κ1) is 26.8. The van der Waals surface area contributed by atoms with Gasteiger partial charge in [0.25, 0.3) is 11.8 Å². The Kier molecular flexibility index (Phi) is 8.68. The molecule has 0 saturated heterocycles. The number of hydrogen-bond donors (Lipinski definition) is 2. The van der Waals surface area contributed by atoms with Gasteiger partial charge in [-0.05, 0) is 67.6 Å². The van der Waals surface area contributed by atoms with Gasteiger partial charge in [-0.15, -0.1) is 0 Å². The summed E-state index contributed by atoms with van der Waals surface area (Å²) in [6, 6.07) is 25.2. The normalized spacial score (nSPS) is 10.7. The van der Waals surface area contributed by atoms with Crippen LogP contribution in [0.5, 0.6) is 5.75 Å². The van der Waals surface area contributed by atoms with E-state index >= 15 is 0 Å². The maximum absolute atomic E-state index is 12.7. The van der Waals surface area contributed by atoms with Gasteiger partial charge in [-0.1, -0.05) is 63.4 Å². The molecular weight excluding hydrogens is 570 g/mol. The molecule has 2 N–H and O–H groups in total. The van der Waals surface area contributed by atoms with Crippen LogP contribution in [0.4, 0.5) is 5.69 Å². The van der Waals surface area contributed by atoms with Crippen LogP contribution >= 0.6 is 27.5 Å². The van der Waals surface area contributed by atoms with Crippen molar-refractivity contribution < 1.29 is 19.1 Å². The number of rotatable bonds is 7. The molecule has 0 fully saturated rings. The molecular formula is C29H21BrClN3O4. The predicted molar refractivity (Wildman–Crippen MR) is 151 cm³/mol. The molecule has 9 heteroatoms. The fourth-order valence-electron chi connectivity index (χ4n) is 3.45. The van der Waals surface area contributed by atoms with Gasteiger partial charge in [0, 0.05) is 21.3 Å². The molecule has 0 aromatic heterocycles. The minimum Gasteiger partial charge on any atom is -0.422 e. The number of halogens is 2. The van der Waals surface area contributed by atoms with Crippen molar-refractivity contribution in [3.63, 3.8) is 0 Å². The summed E-state index contributed by atoms with van der Waals surface area (Å²) in [5.74, 6) is -1.12. The van der Waals surface area contributed by atoms with Crippen LogP contribution in [0.25, 0.3) is 0 Å². The summed E-state index contributed by atoms with van der Waals surface area (Å²) in [4.78, 5) is 37.8. The molecule has 0 saturated carbocycles.